The summed E-state index contributed by atoms with van der Waals surface area (Å²) in [6, 6.07) is 17.1. The number of hydroxylamine groups is 1. The Balaban J connectivity index is 2.32. The summed E-state index contributed by atoms with van der Waals surface area (Å²) in [5.41, 5.74) is 1.47. The van der Waals surface area contributed by atoms with Crippen LogP contribution >= 0.6 is 0 Å². The molecule has 0 bridgehead atoms. The Morgan fingerprint density at radius 3 is 2.36 bits per heavy atom. The molecule has 22 heavy (non-hydrogen) atoms. The Kier molecular flexibility index (Phi) is 4.74. The summed E-state index contributed by atoms with van der Waals surface area (Å²) in [5.74, 6) is 0.164. The van der Waals surface area contributed by atoms with E-state index in [4.69, 9.17) is 15.4 Å². The van der Waals surface area contributed by atoms with Crippen LogP contribution in [-0.2, 0) is 4.79 Å². The molecule has 0 aromatic heterocycles. The minimum Gasteiger partial charge on any atom is -0.372 e. The molecule has 0 heterocycles. The number of benzene rings is 2. The van der Waals surface area contributed by atoms with Gasteiger partial charge in [0.2, 0.25) is 0 Å². The van der Waals surface area contributed by atoms with E-state index in [1.54, 1.807) is 55.5 Å². The molecule has 0 saturated heterocycles. The second-order valence-corrected chi connectivity index (χ2v) is 4.43. The summed E-state index contributed by atoms with van der Waals surface area (Å²) in [6.07, 6.45) is 0.262. The quantitative estimate of drug-likeness (QED) is 0.811. The molecule has 0 fully saturated rings. The number of carbonyl (C=O) groups is 1. The third-order valence-corrected chi connectivity index (χ3v) is 2.92. The van der Waals surface area contributed by atoms with Gasteiger partial charge in [-0.1, -0.05) is 13.0 Å². The number of carbonyl (C=O) groups excluding carboxylic acids is 1. The van der Waals surface area contributed by atoms with Crippen molar-refractivity contribution in [3.8, 4) is 17.9 Å². The lowest BCUT2D eigenvalue weighted by Crippen LogP contribution is -2.33. The van der Waals surface area contributed by atoms with Gasteiger partial charge in [-0.2, -0.15) is 10.5 Å². The lowest BCUT2D eigenvalue weighted by atomic mass is 10.2. The Morgan fingerprint density at radius 2 is 1.77 bits per heavy atom. The standard InChI is InChI=1S/C17H13N3O2/c1-2-17(21)20(15-8-6-13(11-18)7-9-15)22-16-5-3-4-14(10-16)12-19/h3-10H,2H2,1H3. The van der Waals surface area contributed by atoms with E-state index in [0.717, 1.165) is 5.06 Å². The Hall–Kier alpha value is -3.31. The molecule has 1 amide bonds. The smallest absolute Gasteiger partial charge is 0.259 e. The SMILES string of the molecule is CCC(=O)N(Oc1cccc(C#N)c1)c1ccc(C#N)cc1. The first-order valence-corrected chi connectivity index (χ1v) is 6.69. The number of amides is 1. The molecule has 0 atom stereocenters. The van der Waals surface area contributed by atoms with Crippen LogP contribution in [0.1, 0.15) is 24.5 Å². The van der Waals surface area contributed by atoms with Gasteiger partial charge < -0.3 is 4.84 Å². The summed E-state index contributed by atoms with van der Waals surface area (Å²) in [6.45, 7) is 1.73. The van der Waals surface area contributed by atoms with Crippen LogP contribution in [0.5, 0.6) is 5.75 Å². The fourth-order valence-electron chi connectivity index (χ4n) is 1.79. The van der Waals surface area contributed by atoms with Crippen molar-refractivity contribution >= 4 is 11.6 Å². The first-order chi connectivity index (χ1) is 10.7. The van der Waals surface area contributed by atoms with E-state index in [-0.39, 0.29) is 12.3 Å². The van der Waals surface area contributed by atoms with Gasteiger partial charge in [-0.05, 0) is 36.4 Å². The van der Waals surface area contributed by atoms with Crippen molar-refractivity contribution in [3.05, 3.63) is 59.7 Å². The van der Waals surface area contributed by atoms with Crippen LogP contribution in [0.2, 0.25) is 0 Å². The predicted molar refractivity (Wildman–Crippen MR) is 80.7 cm³/mol. The van der Waals surface area contributed by atoms with Gasteiger partial charge in [0.25, 0.3) is 5.91 Å². The molecule has 0 saturated carbocycles. The van der Waals surface area contributed by atoms with Crippen molar-refractivity contribution in [2.45, 2.75) is 13.3 Å². The number of rotatable bonds is 4. The highest BCUT2D eigenvalue weighted by Crippen LogP contribution is 2.21. The van der Waals surface area contributed by atoms with Gasteiger partial charge in [0.1, 0.15) is 0 Å². The summed E-state index contributed by atoms with van der Waals surface area (Å²) < 4.78 is 0. The van der Waals surface area contributed by atoms with Crippen molar-refractivity contribution in [1.29, 1.82) is 10.5 Å². The van der Waals surface area contributed by atoms with E-state index in [2.05, 4.69) is 0 Å². The molecule has 108 valence electrons. The van der Waals surface area contributed by atoms with Crippen molar-refractivity contribution in [2.75, 3.05) is 5.06 Å². The van der Waals surface area contributed by atoms with Crippen molar-refractivity contribution in [1.82, 2.24) is 0 Å². The number of hydrogen-bond donors (Lipinski definition) is 0. The maximum Gasteiger partial charge on any atom is 0.259 e. The highest BCUT2D eigenvalue weighted by molar-refractivity contribution is 5.91. The summed E-state index contributed by atoms with van der Waals surface area (Å²) in [5, 5.41) is 18.9. The molecule has 5 nitrogen and oxygen atoms in total. The van der Waals surface area contributed by atoms with E-state index in [1.807, 2.05) is 12.1 Å². The molecule has 2 aromatic rings. The lowest BCUT2D eigenvalue weighted by Gasteiger charge is -2.22. The summed E-state index contributed by atoms with van der Waals surface area (Å²) >= 11 is 0. The molecule has 2 aromatic carbocycles. The van der Waals surface area contributed by atoms with Crippen LogP contribution in [-0.4, -0.2) is 5.91 Å². The fourth-order valence-corrected chi connectivity index (χ4v) is 1.79. The highest BCUT2D eigenvalue weighted by Gasteiger charge is 2.16. The molecule has 0 N–H and O–H groups in total. The number of nitriles is 2. The second-order valence-electron chi connectivity index (χ2n) is 4.43. The van der Waals surface area contributed by atoms with Crippen molar-refractivity contribution in [3.63, 3.8) is 0 Å². The fraction of sp³-hybridized carbons (Fsp3) is 0.118. The molecule has 0 radical (unpaired) electrons. The van der Waals surface area contributed by atoms with Gasteiger partial charge in [-0.3, -0.25) is 4.79 Å². The van der Waals surface area contributed by atoms with Gasteiger partial charge in [-0.15, -0.1) is 5.06 Å². The van der Waals surface area contributed by atoms with Gasteiger partial charge in [0.05, 0.1) is 29.0 Å². The van der Waals surface area contributed by atoms with E-state index >= 15 is 0 Å². The van der Waals surface area contributed by atoms with E-state index < -0.39 is 0 Å². The highest BCUT2D eigenvalue weighted by atomic mass is 16.7. The maximum atomic E-state index is 12.1. The molecule has 0 spiro atoms. The minimum absolute atomic E-state index is 0.230. The molecule has 0 aliphatic rings. The zero-order chi connectivity index (χ0) is 15.9. The van der Waals surface area contributed by atoms with Gasteiger partial charge in [0, 0.05) is 12.5 Å². The normalized spacial score (nSPS) is 9.41. The molecular weight excluding hydrogens is 278 g/mol. The van der Waals surface area contributed by atoms with Crippen molar-refractivity contribution in [2.24, 2.45) is 0 Å². The van der Waals surface area contributed by atoms with E-state index in [1.165, 1.54) is 0 Å². The zero-order valence-electron chi connectivity index (χ0n) is 12.0. The Morgan fingerprint density at radius 1 is 1.09 bits per heavy atom. The molecule has 0 aliphatic carbocycles. The molecular formula is C17H13N3O2. The molecule has 2 rings (SSSR count). The van der Waals surface area contributed by atoms with Gasteiger partial charge in [-0.25, -0.2) is 0 Å². The Bertz CT molecular complexity index is 755. The third kappa shape index (κ3) is 3.41. The molecule has 0 aliphatic heterocycles. The maximum absolute atomic E-state index is 12.1. The Labute approximate surface area is 128 Å². The zero-order valence-corrected chi connectivity index (χ0v) is 12.0. The first kappa shape index (κ1) is 15.1. The van der Waals surface area contributed by atoms with Gasteiger partial charge >= 0.3 is 0 Å². The van der Waals surface area contributed by atoms with Crippen LogP contribution in [0.4, 0.5) is 5.69 Å². The third-order valence-electron chi connectivity index (χ3n) is 2.92. The summed E-state index contributed by atoms with van der Waals surface area (Å²) in [7, 11) is 0. The minimum atomic E-state index is -0.230. The number of nitrogens with zero attached hydrogens (tertiary/aromatic N) is 3. The van der Waals surface area contributed by atoms with Gasteiger partial charge in [0.15, 0.2) is 5.75 Å². The lowest BCUT2D eigenvalue weighted by molar-refractivity contribution is -0.122. The predicted octanol–water partition coefficient (Wildman–Crippen LogP) is 3.17. The second kappa shape index (κ2) is 6.92. The summed E-state index contributed by atoms with van der Waals surface area (Å²) in [4.78, 5) is 17.7. The first-order valence-electron chi connectivity index (χ1n) is 6.69. The number of hydrogen-bond acceptors (Lipinski definition) is 4. The van der Waals surface area contributed by atoms with Crippen LogP contribution in [0.15, 0.2) is 48.5 Å². The average molecular weight is 291 g/mol. The number of anilines is 1. The van der Waals surface area contributed by atoms with Crippen LogP contribution in [0.25, 0.3) is 0 Å². The topological polar surface area (TPSA) is 77.1 Å². The largest absolute Gasteiger partial charge is 0.372 e. The monoisotopic (exact) mass is 291 g/mol. The molecule has 0 unspecified atom stereocenters. The van der Waals surface area contributed by atoms with Crippen molar-refractivity contribution < 1.29 is 9.63 Å². The van der Waals surface area contributed by atoms with E-state index in [0.29, 0.717) is 22.6 Å². The van der Waals surface area contributed by atoms with Crippen LogP contribution in [0.3, 0.4) is 0 Å². The van der Waals surface area contributed by atoms with Crippen LogP contribution < -0.4 is 9.90 Å². The van der Waals surface area contributed by atoms with Crippen LogP contribution in [0, 0.1) is 22.7 Å². The van der Waals surface area contributed by atoms with E-state index in [9.17, 15) is 4.79 Å². The molecule has 5 heteroatoms. The average Bonchev–Trinajstić information content (AvgIpc) is 2.59.